The van der Waals surface area contributed by atoms with Crippen LogP contribution in [0.4, 0.5) is 10.8 Å². The topological polar surface area (TPSA) is 97.8 Å². The molecule has 166 valence electrons. The molecule has 4 aromatic rings. The average molecular weight is 480 g/mol. The van der Waals surface area contributed by atoms with Gasteiger partial charge in [-0.05, 0) is 35.7 Å². The van der Waals surface area contributed by atoms with Crippen LogP contribution in [0.15, 0.2) is 64.9 Å². The normalized spacial score (nSPS) is 15.6. The van der Waals surface area contributed by atoms with Gasteiger partial charge in [0.2, 0.25) is 5.91 Å². The minimum absolute atomic E-state index is 0.221. The van der Waals surface area contributed by atoms with Crippen LogP contribution < -0.4 is 19.1 Å². The van der Waals surface area contributed by atoms with Crippen molar-refractivity contribution in [2.75, 3.05) is 29.4 Å². The van der Waals surface area contributed by atoms with Gasteiger partial charge in [-0.2, -0.15) is 0 Å². The molecule has 0 unspecified atom stereocenters. The summed E-state index contributed by atoms with van der Waals surface area (Å²) in [5.41, 5.74) is 2.02. The van der Waals surface area contributed by atoms with E-state index in [9.17, 15) is 13.2 Å². The molecule has 0 aliphatic carbocycles. The number of nitrogens with one attached hydrogen (secondary N) is 1. The summed E-state index contributed by atoms with van der Waals surface area (Å²) >= 11 is 1.27. The SMILES string of the molecule is O=C(CN1c2cccc3cccc(c23)S1(=O)=O)Nc1nc(-c2ccc3c(c2)OCCO3)cs1. The summed E-state index contributed by atoms with van der Waals surface area (Å²) in [5, 5.41) is 6.40. The number of carbonyl (C=O) groups excluding carboxylic acids is 1. The van der Waals surface area contributed by atoms with E-state index < -0.39 is 15.9 Å². The van der Waals surface area contributed by atoms with Crippen molar-refractivity contribution >= 4 is 48.9 Å². The molecule has 1 aromatic heterocycles. The van der Waals surface area contributed by atoms with Crippen molar-refractivity contribution in [2.24, 2.45) is 0 Å². The number of aromatic nitrogens is 1. The van der Waals surface area contributed by atoms with Crippen LogP contribution in [0.5, 0.6) is 11.5 Å². The van der Waals surface area contributed by atoms with E-state index in [1.54, 1.807) is 24.3 Å². The van der Waals surface area contributed by atoms with Crippen LogP contribution in [0, 0.1) is 0 Å². The van der Waals surface area contributed by atoms with Crippen LogP contribution in [0.2, 0.25) is 0 Å². The average Bonchev–Trinajstić information content (AvgIpc) is 3.37. The first kappa shape index (κ1) is 20.0. The number of thiazole rings is 1. The van der Waals surface area contributed by atoms with Crippen molar-refractivity contribution in [1.82, 2.24) is 4.98 Å². The van der Waals surface area contributed by atoms with Crippen molar-refractivity contribution < 1.29 is 22.7 Å². The van der Waals surface area contributed by atoms with Crippen LogP contribution in [-0.2, 0) is 14.8 Å². The van der Waals surface area contributed by atoms with Gasteiger partial charge in [0, 0.05) is 16.3 Å². The van der Waals surface area contributed by atoms with E-state index in [-0.39, 0.29) is 11.4 Å². The van der Waals surface area contributed by atoms with Crippen LogP contribution in [-0.4, -0.2) is 39.1 Å². The van der Waals surface area contributed by atoms with E-state index >= 15 is 0 Å². The number of hydrogen-bond donors (Lipinski definition) is 1. The Morgan fingerprint density at radius 2 is 1.85 bits per heavy atom. The summed E-state index contributed by atoms with van der Waals surface area (Å²) in [6, 6.07) is 16.1. The third-order valence-corrected chi connectivity index (χ3v) is 8.12. The summed E-state index contributed by atoms with van der Waals surface area (Å²) in [4.78, 5) is 17.5. The first-order valence-corrected chi connectivity index (χ1v) is 12.5. The Morgan fingerprint density at radius 3 is 2.70 bits per heavy atom. The molecule has 2 aliphatic heterocycles. The maximum atomic E-state index is 13.1. The van der Waals surface area contributed by atoms with Crippen molar-refractivity contribution in [3.05, 3.63) is 60.0 Å². The van der Waals surface area contributed by atoms with Gasteiger partial charge in [-0.25, -0.2) is 13.4 Å². The first-order chi connectivity index (χ1) is 16.0. The Balaban J connectivity index is 1.22. The Bertz CT molecular complexity index is 1530. The number of ether oxygens (including phenoxy) is 2. The Labute approximate surface area is 193 Å². The molecule has 0 radical (unpaired) electrons. The minimum atomic E-state index is -3.80. The zero-order chi connectivity index (χ0) is 22.6. The molecular weight excluding hydrogens is 462 g/mol. The van der Waals surface area contributed by atoms with Crippen molar-refractivity contribution in [1.29, 1.82) is 0 Å². The van der Waals surface area contributed by atoms with E-state index in [4.69, 9.17) is 9.47 Å². The highest BCUT2D eigenvalue weighted by Gasteiger charge is 2.36. The fourth-order valence-corrected chi connectivity index (χ4v) is 6.49. The quantitative estimate of drug-likeness (QED) is 0.477. The number of amides is 1. The van der Waals surface area contributed by atoms with E-state index in [0.717, 1.165) is 15.3 Å². The lowest BCUT2D eigenvalue weighted by molar-refractivity contribution is -0.114. The lowest BCUT2D eigenvalue weighted by Crippen LogP contribution is -2.35. The van der Waals surface area contributed by atoms with Gasteiger partial charge in [-0.3, -0.25) is 9.10 Å². The van der Waals surface area contributed by atoms with Gasteiger partial charge < -0.3 is 14.8 Å². The van der Waals surface area contributed by atoms with E-state index in [1.807, 2.05) is 35.7 Å². The third kappa shape index (κ3) is 3.30. The number of fused-ring (bicyclic) bond motifs is 1. The zero-order valence-corrected chi connectivity index (χ0v) is 18.8. The van der Waals surface area contributed by atoms with E-state index in [2.05, 4.69) is 10.3 Å². The fraction of sp³-hybridized carbons (Fsp3) is 0.130. The maximum absolute atomic E-state index is 13.1. The van der Waals surface area contributed by atoms with Crippen LogP contribution in [0.25, 0.3) is 22.0 Å². The molecule has 1 N–H and O–H groups in total. The minimum Gasteiger partial charge on any atom is -0.486 e. The zero-order valence-electron chi connectivity index (χ0n) is 17.1. The Hall–Kier alpha value is -3.63. The summed E-state index contributed by atoms with van der Waals surface area (Å²) in [5.74, 6) is 0.883. The molecule has 2 aliphatic rings. The van der Waals surface area contributed by atoms with Gasteiger partial charge in [0.15, 0.2) is 16.6 Å². The molecule has 3 aromatic carbocycles. The number of carbonyl (C=O) groups is 1. The van der Waals surface area contributed by atoms with Crippen LogP contribution in [0.3, 0.4) is 0 Å². The molecule has 10 heteroatoms. The molecule has 0 saturated heterocycles. The van der Waals surface area contributed by atoms with Gasteiger partial charge in [0.05, 0.1) is 16.3 Å². The van der Waals surface area contributed by atoms with Crippen molar-refractivity contribution in [3.63, 3.8) is 0 Å². The Kier molecular flexibility index (Phi) is 4.52. The predicted octanol–water partition coefficient (Wildman–Crippen LogP) is 3.88. The molecule has 1 amide bonds. The Morgan fingerprint density at radius 1 is 1.06 bits per heavy atom. The second-order valence-electron chi connectivity index (χ2n) is 7.59. The summed E-state index contributed by atoms with van der Waals surface area (Å²) in [6.07, 6.45) is 0. The number of benzene rings is 3. The second-order valence-corrected chi connectivity index (χ2v) is 10.3. The molecule has 33 heavy (non-hydrogen) atoms. The second kappa shape index (κ2) is 7.46. The number of anilines is 2. The molecule has 3 heterocycles. The van der Waals surface area contributed by atoms with Gasteiger partial charge >= 0.3 is 0 Å². The lowest BCUT2D eigenvalue weighted by atomic mass is 10.1. The standard InChI is InChI=1S/C23H17N3O5S2/c27-21(12-26-17-5-1-3-14-4-2-6-20(22(14)17)33(26,28)29)25-23-24-16(13-32-23)15-7-8-18-19(11-15)31-10-9-30-18/h1-8,11,13H,9-10,12H2,(H,24,25,27). The highest BCUT2D eigenvalue weighted by molar-refractivity contribution is 7.93. The smallest absolute Gasteiger partial charge is 0.265 e. The van der Waals surface area contributed by atoms with Gasteiger partial charge in [-0.1, -0.05) is 24.3 Å². The lowest BCUT2D eigenvalue weighted by Gasteiger charge is -2.18. The number of sulfonamides is 1. The van der Waals surface area contributed by atoms with Crippen LogP contribution >= 0.6 is 11.3 Å². The number of rotatable bonds is 4. The highest BCUT2D eigenvalue weighted by atomic mass is 32.2. The van der Waals surface area contributed by atoms with Gasteiger partial charge in [0.1, 0.15) is 19.8 Å². The molecule has 0 atom stereocenters. The summed E-state index contributed by atoms with van der Waals surface area (Å²) < 4.78 is 38.5. The first-order valence-electron chi connectivity index (χ1n) is 10.2. The monoisotopic (exact) mass is 479 g/mol. The fourth-order valence-electron chi connectivity index (χ4n) is 4.08. The summed E-state index contributed by atoms with van der Waals surface area (Å²) in [7, 11) is -3.80. The molecule has 0 bridgehead atoms. The highest BCUT2D eigenvalue weighted by Crippen LogP contribution is 2.42. The maximum Gasteiger partial charge on any atom is 0.265 e. The molecule has 0 fully saturated rings. The van der Waals surface area contributed by atoms with Crippen LogP contribution in [0.1, 0.15) is 0 Å². The summed E-state index contributed by atoms with van der Waals surface area (Å²) in [6.45, 7) is 0.673. The largest absolute Gasteiger partial charge is 0.486 e. The van der Waals surface area contributed by atoms with Crippen molar-refractivity contribution in [2.45, 2.75) is 4.90 Å². The molecule has 8 nitrogen and oxygen atoms in total. The van der Waals surface area contributed by atoms with Gasteiger partial charge in [0.25, 0.3) is 10.0 Å². The van der Waals surface area contributed by atoms with Gasteiger partial charge in [-0.15, -0.1) is 11.3 Å². The number of nitrogens with zero attached hydrogens (tertiary/aromatic N) is 2. The molecule has 6 rings (SSSR count). The molecular formula is C23H17N3O5S2. The molecule has 0 spiro atoms. The predicted molar refractivity (Wildman–Crippen MR) is 126 cm³/mol. The van der Waals surface area contributed by atoms with E-state index in [1.165, 1.54) is 11.3 Å². The third-order valence-electron chi connectivity index (χ3n) is 5.56. The van der Waals surface area contributed by atoms with E-state index in [0.29, 0.717) is 46.6 Å². The van der Waals surface area contributed by atoms with Crippen molar-refractivity contribution in [3.8, 4) is 22.8 Å². The number of hydrogen-bond acceptors (Lipinski definition) is 7. The molecule has 0 saturated carbocycles.